The zero-order valence-corrected chi connectivity index (χ0v) is 22.6. The third kappa shape index (κ3) is 5.80. The third-order valence-corrected chi connectivity index (χ3v) is 6.27. The van der Waals surface area contributed by atoms with E-state index >= 15 is 0 Å². The van der Waals surface area contributed by atoms with Crippen molar-refractivity contribution in [3.05, 3.63) is 89.0 Å². The zero-order chi connectivity index (χ0) is 28.3. The molecule has 0 radical (unpaired) electrons. The maximum atomic E-state index is 13.4. The number of rotatable bonds is 8. The lowest BCUT2D eigenvalue weighted by Gasteiger charge is -2.25. The summed E-state index contributed by atoms with van der Waals surface area (Å²) in [6, 6.07) is 17.4. The Bertz CT molecular complexity index is 1420. The van der Waals surface area contributed by atoms with Crippen molar-refractivity contribution in [1.82, 2.24) is 0 Å². The van der Waals surface area contributed by atoms with Crippen molar-refractivity contribution >= 4 is 29.1 Å². The van der Waals surface area contributed by atoms with E-state index in [1.807, 2.05) is 6.92 Å². The van der Waals surface area contributed by atoms with E-state index in [0.717, 1.165) is 5.56 Å². The van der Waals surface area contributed by atoms with Gasteiger partial charge in [0.25, 0.3) is 11.7 Å². The summed E-state index contributed by atoms with van der Waals surface area (Å²) in [5.74, 6) is -0.414. The highest BCUT2D eigenvalue weighted by Gasteiger charge is 2.47. The molecule has 1 saturated heterocycles. The van der Waals surface area contributed by atoms with Crippen LogP contribution in [0, 0.1) is 12.8 Å². The molecule has 0 aliphatic carbocycles. The molecule has 1 aliphatic rings. The van der Waals surface area contributed by atoms with Crippen molar-refractivity contribution in [3.63, 3.8) is 0 Å². The van der Waals surface area contributed by atoms with Crippen molar-refractivity contribution in [2.24, 2.45) is 5.92 Å². The minimum absolute atomic E-state index is 0.0497. The maximum Gasteiger partial charge on any atom is 0.308 e. The van der Waals surface area contributed by atoms with E-state index in [4.69, 9.17) is 14.2 Å². The van der Waals surface area contributed by atoms with E-state index in [9.17, 15) is 19.5 Å². The Morgan fingerprint density at radius 3 is 2.18 bits per heavy atom. The number of ether oxygens (including phenoxy) is 3. The van der Waals surface area contributed by atoms with Gasteiger partial charge in [0.05, 0.1) is 25.3 Å². The number of carbonyl (C=O) groups is 3. The number of esters is 1. The number of nitrogens with zero attached hydrogens (tertiary/aromatic N) is 1. The summed E-state index contributed by atoms with van der Waals surface area (Å²) in [6.45, 7) is 7.80. The molecule has 1 aliphatic heterocycles. The molecule has 4 rings (SSSR count). The number of amides is 1. The van der Waals surface area contributed by atoms with Gasteiger partial charge in [-0.25, -0.2) is 0 Å². The molecule has 3 aromatic carbocycles. The lowest BCUT2D eigenvalue weighted by atomic mass is 9.94. The van der Waals surface area contributed by atoms with E-state index in [0.29, 0.717) is 46.6 Å². The second-order valence-corrected chi connectivity index (χ2v) is 9.71. The molecule has 0 spiro atoms. The first-order chi connectivity index (χ1) is 18.6. The lowest BCUT2D eigenvalue weighted by molar-refractivity contribution is -0.132. The highest BCUT2D eigenvalue weighted by molar-refractivity contribution is 6.51. The number of aryl methyl sites for hydroxylation is 1. The van der Waals surface area contributed by atoms with Gasteiger partial charge in [0.2, 0.25) is 0 Å². The quantitative estimate of drug-likeness (QED) is 0.133. The summed E-state index contributed by atoms with van der Waals surface area (Å²) in [5.41, 5.74) is 2.13. The van der Waals surface area contributed by atoms with Gasteiger partial charge in [-0.1, -0.05) is 26.0 Å². The smallest absolute Gasteiger partial charge is 0.308 e. The van der Waals surface area contributed by atoms with Crippen LogP contribution in [0.4, 0.5) is 5.69 Å². The Hall–Kier alpha value is -4.59. The first-order valence-corrected chi connectivity index (χ1v) is 12.6. The first-order valence-electron chi connectivity index (χ1n) is 12.6. The Kier molecular flexibility index (Phi) is 8.04. The van der Waals surface area contributed by atoms with Gasteiger partial charge in [-0.2, -0.15) is 0 Å². The summed E-state index contributed by atoms with van der Waals surface area (Å²) < 4.78 is 16.2. The second kappa shape index (κ2) is 11.4. The van der Waals surface area contributed by atoms with Crippen LogP contribution >= 0.6 is 0 Å². The Labute approximate surface area is 227 Å². The molecule has 1 fully saturated rings. The summed E-state index contributed by atoms with van der Waals surface area (Å²) in [6.07, 6.45) is 0. The summed E-state index contributed by atoms with van der Waals surface area (Å²) in [4.78, 5) is 39.5. The van der Waals surface area contributed by atoms with Crippen LogP contribution in [0.5, 0.6) is 17.2 Å². The van der Waals surface area contributed by atoms with Crippen molar-refractivity contribution in [1.29, 1.82) is 0 Å². The number of Topliss-reactive ketones (excluding diaryl/α,β-unsaturated/α-hetero) is 1. The average molecular weight is 530 g/mol. The lowest BCUT2D eigenvalue weighted by Crippen LogP contribution is -2.29. The number of aliphatic hydroxyl groups excluding tert-OH is 1. The molecule has 1 amide bonds. The van der Waals surface area contributed by atoms with E-state index in [1.165, 1.54) is 18.9 Å². The Morgan fingerprint density at radius 1 is 0.974 bits per heavy atom. The number of ketones is 1. The van der Waals surface area contributed by atoms with Crippen LogP contribution in [0.3, 0.4) is 0 Å². The van der Waals surface area contributed by atoms with Crippen LogP contribution in [0.25, 0.3) is 5.76 Å². The first kappa shape index (κ1) is 27.4. The largest absolute Gasteiger partial charge is 0.507 e. The van der Waals surface area contributed by atoms with Gasteiger partial charge >= 0.3 is 5.97 Å². The predicted molar refractivity (Wildman–Crippen MR) is 147 cm³/mol. The van der Waals surface area contributed by atoms with Gasteiger partial charge in [-0.3, -0.25) is 19.3 Å². The van der Waals surface area contributed by atoms with Gasteiger partial charge in [0, 0.05) is 18.2 Å². The predicted octanol–water partition coefficient (Wildman–Crippen LogP) is 5.59. The molecule has 1 atom stereocenters. The van der Waals surface area contributed by atoms with E-state index in [1.54, 1.807) is 66.7 Å². The topological polar surface area (TPSA) is 102 Å². The van der Waals surface area contributed by atoms with Crippen molar-refractivity contribution < 1.29 is 33.7 Å². The number of anilines is 1. The standard InChI is InChI=1S/C31H31NO7/c1-18(2)17-38-26-15-8-22(16-19(26)3)29(34)27-28(21-6-11-25(12-7-21)39-20(4)33)32(31(36)30(27)35)23-9-13-24(37-5)14-10-23/h6-16,18,28,34H,17H2,1-5H3/b29-27-. The van der Waals surface area contributed by atoms with E-state index < -0.39 is 23.7 Å². The number of hydrogen-bond acceptors (Lipinski definition) is 7. The molecule has 1 heterocycles. The molecule has 1 N–H and O–H groups in total. The van der Waals surface area contributed by atoms with Gasteiger partial charge in [-0.05, 0) is 78.6 Å². The fraction of sp³-hybridized carbons (Fsp3) is 0.258. The molecule has 8 heteroatoms. The summed E-state index contributed by atoms with van der Waals surface area (Å²) >= 11 is 0. The number of aliphatic hydroxyl groups is 1. The van der Waals surface area contributed by atoms with Crippen molar-refractivity contribution in [3.8, 4) is 17.2 Å². The fourth-order valence-corrected chi connectivity index (χ4v) is 4.41. The van der Waals surface area contributed by atoms with Crippen LogP contribution in [-0.4, -0.2) is 36.5 Å². The minimum atomic E-state index is -0.929. The highest BCUT2D eigenvalue weighted by atomic mass is 16.5. The van der Waals surface area contributed by atoms with Gasteiger partial charge in [0.1, 0.15) is 23.0 Å². The van der Waals surface area contributed by atoms with Crippen LogP contribution in [0.1, 0.15) is 43.5 Å². The van der Waals surface area contributed by atoms with E-state index in [-0.39, 0.29) is 11.3 Å². The van der Waals surface area contributed by atoms with Crippen LogP contribution in [0.2, 0.25) is 0 Å². The molecule has 0 aromatic heterocycles. The number of hydrogen-bond donors (Lipinski definition) is 1. The highest BCUT2D eigenvalue weighted by Crippen LogP contribution is 2.43. The Morgan fingerprint density at radius 2 is 1.62 bits per heavy atom. The van der Waals surface area contributed by atoms with E-state index in [2.05, 4.69) is 13.8 Å². The molecular formula is C31H31NO7. The number of benzene rings is 3. The summed E-state index contributed by atoms with van der Waals surface area (Å²) in [5, 5.41) is 11.4. The second-order valence-electron chi connectivity index (χ2n) is 9.71. The van der Waals surface area contributed by atoms with Gasteiger partial charge in [0.15, 0.2) is 0 Å². The molecule has 0 bridgehead atoms. The monoisotopic (exact) mass is 529 g/mol. The Balaban J connectivity index is 1.83. The normalized spacial score (nSPS) is 16.5. The summed E-state index contributed by atoms with van der Waals surface area (Å²) in [7, 11) is 1.53. The number of carbonyl (C=O) groups excluding carboxylic acids is 3. The molecule has 3 aromatic rings. The molecule has 0 saturated carbocycles. The average Bonchev–Trinajstić information content (AvgIpc) is 3.17. The van der Waals surface area contributed by atoms with Gasteiger partial charge in [-0.15, -0.1) is 0 Å². The molecule has 1 unspecified atom stereocenters. The fourth-order valence-electron chi connectivity index (χ4n) is 4.41. The third-order valence-electron chi connectivity index (χ3n) is 6.27. The molecule has 8 nitrogen and oxygen atoms in total. The molecular weight excluding hydrogens is 498 g/mol. The van der Waals surface area contributed by atoms with Crippen LogP contribution in [-0.2, 0) is 14.4 Å². The molecule has 39 heavy (non-hydrogen) atoms. The van der Waals surface area contributed by atoms with Crippen LogP contribution in [0.15, 0.2) is 72.3 Å². The zero-order valence-electron chi connectivity index (χ0n) is 22.6. The van der Waals surface area contributed by atoms with Crippen LogP contribution < -0.4 is 19.1 Å². The van der Waals surface area contributed by atoms with Crippen molar-refractivity contribution in [2.75, 3.05) is 18.6 Å². The minimum Gasteiger partial charge on any atom is -0.507 e. The SMILES string of the molecule is COc1ccc(N2C(=O)C(=O)/C(=C(\O)c3ccc(OCC(C)C)c(C)c3)C2c2ccc(OC(C)=O)cc2)cc1. The van der Waals surface area contributed by atoms with Crippen molar-refractivity contribution in [2.45, 2.75) is 33.7 Å². The van der Waals surface area contributed by atoms with Gasteiger partial charge < -0.3 is 19.3 Å². The number of methoxy groups -OCH3 is 1. The maximum absolute atomic E-state index is 13.4. The molecule has 202 valence electrons.